The summed E-state index contributed by atoms with van der Waals surface area (Å²) in [4.78, 5) is 16.6. The molecular weight excluding hydrogens is 352 g/mol. The van der Waals surface area contributed by atoms with E-state index in [1.807, 2.05) is 30.3 Å². The Morgan fingerprint density at radius 1 is 1.18 bits per heavy atom. The highest BCUT2D eigenvalue weighted by molar-refractivity contribution is 5.96. The maximum atomic E-state index is 11.8. The number of hydrogen-bond donors (Lipinski definition) is 1. The van der Waals surface area contributed by atoms with Crippen LogP contribution in [-0.2, 0) is 6.54 Å². The minimum Gasteiger partial charge on any atom is -0.490 e. The monoisotopic (exact) mass is 378 g/mol. The van der Waals surface area contributed by atoms with Gasteiger partial charge in [0.2, 0.25) is 0 Å². The van der Waals surface area contributed by atoms with E-state index in [-0.39, 0.29) is 12.4 Å². The number of imidazole rings is 1. The molecule has 1 aromatic heterocycles. The molecule has 0 saturated heterocycles. The van der Waals surface area contributed by atoms with Crippen molar-refractivity contribution in [3.63, 3.8) is 0 Å². The first-order valence-corrected chi connectivity index (χ1v) is 9.99. The van der Waals surface area contributed by atoms with Crippen LogP contribution < -0.4 is 4.74 Å². The molecule has 0 bridgehead atoms. The Labute approximate surface area is 165 Å². The van der Waals surface area contributed by atoms with Crippen LogP contribution in [0.5, 0.6) is 5.75 Å². The number of nitrogens with zero attached hydrogens (tertiary/aromatic N) is 2. The zero-order valence-electron chi connectivity index (χ0n) is 16.2. The van der Waals surface area contributed by atoms with Crippen molar-refractivity contribution in [2.75, 3.05) is 6.61 Å². The average molecular weight is 378 g/mol. The van der Waals surface area contributed by atoms with Gasteiger partial charge in [-0.05, 0) is 44.0 Å². The molecule has 1 atom stereocenters. The Morgan fingerprint density at radius 3 is 2.68 bits per heavy atom. The number of benzene rings is 2. The molecule has 0 amide bonds. The summed E-state index contributed by atoms with van der Waals surface area (Å²) in [5.74, 6) is 2.00. The Morgan fingerprint density at radius 2 is 1.89 bits per heavy atom. The predicted molar refractivity (Wildman–Crippen MR) is 109 cm³/mol. The highest BCUT2D eigenvalue weighted by Gasteiger charge is 2.24. The Kier molecular flexibility index (Phi) is 5.44. The minimum absolute atomic E-state index is 0.0470. The molecule has 146 valence electrons. The zero-order valence-corrected chi connectivity index (χ0v) is 16.2. The second kappa shape index (κ2) is 8.15. The van der Waals surface area contributed by atoms with Crippen LogP contribution in [0.25, 0.3) is 11.0 Å². The van der Waals surface area contributed by atoms with Gasteiger partial charge in [-0.15, -0.1) is 0 Å². The number of aliphatic hydroxyl groups is 1. The van der Waals surface area contributed by atoms with E-state index in [9.17, 15) is 9.90 Å². The third-order valence-corrected chi connectivity index (χ3v) is 5.50. The van der Waals surface area contributed by atoms with E-state index >= 15 is 0 Å². The smallest absolute Gasteiger partial charge is 0.163 e. The SMILES string of the molecule is CC(=O)c1ccccc1OCC(O)Cn1c(C2CCCC2)nc2ccccc21. The van der Waals surface area contributed by atoms with Gasteiger partial charge in [-0.2, -0.15) is 0 Å². The number of Topliss-reactive ketones (excluding diaryl/α,β-unsaturated/α-hetero) is 1. The standard InChI is InChI=1S/C23H26N2O3/c1-16(26)19-10-4-7-13-22(19)28-15-18(27)14-25-21-12-6-5-11-20(21)24-23(25)17-8-2-3-9-17/h4-7,10-13,17-18,27H,2-3,8-9,14-15H2,1H3. The van der Waals surface area contributed by atoms with Crippen molar-refractivity contribution in [2.24, 2.45) is 0 Å². The van der Waals surface area contributed by atoms with Gasteiger partial charge in [-0.1, -0.05) is 37.1 Å². The second-order valence-corrected chi connectivity index (χ2v) is 7.57. The molecule has 5 nitrogen and oxygen atoms in total. The second-order valence-electron chi connectivity index (χ2n) is 7.57. The van der Waals surface area contributed by atoms with Crippen LogP contribution in [0.2, 0.25) is 0 Å². The maximum absolute atomic E-state index is 11.8. The highest BCUT2D eigenvalue weighted by Crippen LogP contribution is 2.35. The van der Waals surface area contributed by atoms with Crippen molar-refractivity contribution in [3.8, 4) is 5.75 Å². The van der Waals surface area contributed by atoms with Crippen molar-refractivity contribution >= 4 is 16.8 Å². The molecule has 3 aromatic rings. The highest BCUT2D eigenvalue weighted by atomic mass is 16.5. The first-order valence-electron chi connectivity index (χ1n) is 9.99. The van der Waals surface area contributed by atoms with E-state index in [1.54, 1.807) is 12.1 Å². The first-order chi connectivity index (χ1) is 13.6. The molecular formula is C23H26N2O3. The van der Waals surface area contributed by atoms with Crippen LogP contribution >= 0.6 is 0 Å². The zero-order chi connectivity index (χ0) is 19.5. The van der Waals surface area contributed by atoms with Gasteiger partial charge in [0.1, 0.15) is 24.3 Å². The van der Waals surface area contributed by atoms with Gasteiger partial charge < -0.3 is 14.4 Å². The van der Waals surface area contributed by atoms with E-state index in [1.165, 1.54) is 19.8 Å². The fourth-order valence-electron chi connectivity index (χ4n) is 4.11. The lowest BCUT2D eigenvalue weighted by Gasteiger charge is -2.18. The number of hydrogen-bond acceptors (Lipinski definition) is 4. The molecule has 1 unspecified atom stereocenters. The number of rotatable bonds is 7. The van der Waals surface area contributed by atoms with Crippen LogP contribution in [0.3, 0.4) is 0 Å². The maximum Gasteiger partial charge on any atom is 0.163 e. The predicted octanol–water partition coefficient (Wildman–Crippen LogP) is 4.34. The fourth-order valence-corrected chi connectivity index (χ4v) is 4.11. The molecule has 5 heteroatoms. The van der Waals surface area contributed by atoms with Crippen LogP contribution in [-0.4, -0.2) is 33.2 Å². The number of ketones is 1. The summed E-state index contributed by atoms with van der Waals surface area (Å²) < 4.78 is 7.93. The van der Waals surface area contributed by atoms with Gasteiger partial charge in [0.25, 0.3) is 0 Å². The molecule has 0 radical (unpaired) electrons. The van der Waals surface area contributed by atoms with Crippen molar-refractivity contribution in [1.29, 1.82) is 0 Å². The lowest BCUT2D eigenvalue weighted by atomic mass is 10.1. The van der Waals surface area contributed by atoms with Crippen LogP contribution in [0.15, 0.2) is 48.5 Å². The van der Waals surface area contributed by atoms with Crippen molar-refractivity contribution in [2.45, 2.75) is 51.2 Å². The molecule has 2 aromatic carbocycles. The normalized spacial score (nSPS) is 15.8. The number of fused-ring (bicyclic) bond motifs is 1. The summed E-state index contributed by atoms with van der Waals surface area (Å²) in [6.45, 7) is 2.07. The number of carbonyl (C=O) groups excluding carboxylic acids is 1. The van der Waals surface area contributed by atoms with Gasteiger partial charge in [0.05, 0.1) is 23.1 Å². The van der Waals surface area contributed by atoms with E-state index in [0.29, 0.717) is 23.8 Å². The number of carbonyl (C=O) groups is 1. The third kappa shape index (κ3) is 3.80. The minimum atomic E-state index is -0.697. The fraction of sp³-hybridized carbons (Fsp3) is 0.391. The summed E-state index contributed by atoms with van der Waals surface area (Å²) in [5.41, 5.74) is 2.56. The van der Waals surface area contributed by atoms with Gasteiger partial charge in [-0.25, -0.2) is 4.98 Å². The van der Waals surface area contributed by atoms with Crippen molar-refractivity contribution < 1.29 is 14.6 Å². The van der Waals surface area contributed by atoms with E-state index in [2.05, 4.69) is 10.6 Å². The summed E-state index contributed by atoms with van der Waals surface area (Å²) in [5, 5.41) is 10.7. The number of ether oxygens (including phenoxy) is 1. The first kappa shape index (κ1) is 18.7. The number of para-hydroxylation sites is 3. The summed E-state index contributed by atoms with van der Waals surface area (Å²) in [6.07, 6.45) is 4.09. The van der Waals surface area contributed by atoms with Crippen molar-refractivity contribution in [1.82, 2.24) is 9.55 Å². The summed E-state index contributed by atoms with van der Waals surface area (Å²) in [7, 11) is 0. The molecule has 1 aliphatic rings. The molecule has 4 rings (SSSR count). The number of aromatic nitrogens is 2. The van der Waals surface area contributed by atoms with E-state index in [4.69, 9.17) is 9.72 Å². The molecule has 1 aliphatic carbocycles. The van der Waals surface area contributed by atoms with Crippen molar-refractivity contribution in [3.05, 3.63) is 59.9 Å². The van der Waals surface area contributed by atoms with E-state index in [0.717, 1.165) is 29.7 Å². The molecule has 0 spiro atoms. The summed E-state index contributed by atoms with van der Waals surface area (Å²) >= 11 is 0. The number of aliphatic hydroxyl groups excluding tert-OH is 1. The van der Waals surface area contributed by atoms with Gasteiger partial charge in [-0.3, -0.25) is 4.79 Å². The largest absolute Gasteiger partial charge is 0.490 e. The van der Waals surface area contributed by atoms with Crippen LogP contribution in [0, 0.1) is 0 Å². The Balaban J connectivity index is 1.53. The van der Waals surface area contributed by atoms with Gasteiger partial charge in [0.15, 0.2) is 5.78 Å². The molecule has 1 fully saturated rings. The summed E-state index contributed by atoms with van der Waals surface area (Å²) in [6, 6.07) is 15.2. The Bertz CT molecular complexity index is 973. The lowest BCUT2D eigenvalue weighted by molar-refractivity contribution is 0.0896. The van der Waals surface area contributed by atoms with Crippen LogP contribution in [0.4, 0.5) is 0 Å². The topological polar surface area (TPSA) is 64.3 Å². The molecule has 1 N–H and O–H groups in total. The molecule has 1 heterocycles. The average Bonchev–Trinajstić information content (AvgIpc) is 3.35. The van der Waals surface area contributed by atoms with Crippen LogP contribution in [0.1, 0.15) is 54.7 Å². The molecule has 0 aliphatic heterocycles. The molecule has 1 saturated carbocycles. The lowest BCUT2D eigenvalue weighted by Crippen LogP contribution is -2.25. The third-order valence-electron chi connectivity index (χ3n) is 5.50. The van der Waals surface area contributed by atoms with E-state index < -0.39 is 6.10 Å². The molecule has 28 heavy (non-hydrogen) atoms. The Hall–Kier alpha value is -2.66. The van der Waals surface area contributed by atoms with Gasteiger partial charge in [0, 0.05) is 5.92 Å². The quantitative estimate of drug-likeness (QED) is 0.621. The van der Waals surface area contributed by atoms with Gasteiger partial charge >= 0.3 is 0 Å².